The predicted molar refractivity (Wildman–Crippen MR) is 73.8 cm³/mol. The van der Waals surface area contributed by atoms with Gasteiger partial charge in [-0.25, -0.2) is 9.97 Å². The van der Waals surface area contributed by atoms with Gasteiger partial charge in [-0.05, 0) is 20.8 Å². The van der Waals surface area contributed by atoms with E-state index in [9.17, 15) is 4.79 Å². The summed E-state index contributed by atoms with van der Waals surface area (Å²) in [4.78, 5) is 24.2. The minimum absolute atomic E-state index is 0.260. The summed E-state index contributed by atoms with van der Waals surface area (Å²) in [6, 6.07) is 1.99. The van der Waals surface area contributed by atoms with Gasteiger partial charge in [-0.3, -0.25) is 9.69 Å². The van der Waals surface area contributed by atoms with E-state index >= 15 is 0 Å². The van der Waals surface area contributed by atoms with Gasteiger partial charge in [0.05, 0.1) is 0 Å². The third-order valence-electron chi connectivity index (χ3n) is 3.53. The number of carbonyl (C=O) groups is 1. The summed E-state index contributed by atoms with van der Waals surface area (Å²) in [6.07, 6.45) is 1.55. The van der Waals surface area contributed by atoms with Gasteiger partial charge in [0.2, 0.25) is 5.91 Å². The van der Waals surface area contributed by atoms with E-state index in [1.807, 2.05) is 13.0 Å². The van der Waals surface area contributed by atoms with Gasteiger partial charge in [-0.1, -0.05) is 0 Å². The molecule has 1 aliphatic heterocycles. The fraction of sp³-hybridized carbons (Fsp3) is 0.615. The standard InChI is InChI=1S/C13H21N5O/c1-9(2)18-5-4-17(7-11(18)13(14)19)12-6-10(3)15-8-16-12/h6,8-9,11H,4-5,7H2,1-3H3,(H2,14,19). The summed E-state index contributed by atoms with van der Waals surface area (Å²) >= 11 is 0. The van der Waals surface area contributed by atoms with Crippen LogP contribution in [-0.2, 0) is 4.79 Å². The molecule has 1 saturated heterocycles. The Labute approximate surface area is 113 Å². The lowest BCUT2D eigenvalue weighted by atomic mass is 10.1. The minimum atomic E-state index is -0.274. The maximum Gasteiger partial charge on any atom is 0.236 e. The van der Waals surface area contributed by atoms with Crippen molar-refractivity contribution in [1.82, 2.24) is 14.9 Å². The average Bonchev–Trinajstić information content (AvgIpc) is 2.37. The molecule has 0 bridgehead atoms. The van der Waals surface area contributed by atoms with Crippen molar-refractivity contribution in [3.63, 3.8) is 0 Å². The van der Waals surface area contributed by atoms with Crippen LogP contribution in [0.5, 0.6) is 0 Å². The van der Waals surface area contributed by atoms with Gasteiger partial charge in [0.1, 0.15) is 18.2 Å². The van der Waals surface area contributed by atoms with E-state index in [1.165, 1.54) is 0 Å². The number of rotatable bonds is 3. The summed E-state index contributed by atoms with van der Waals surface area (Å²) in [5, 5.41) is 0. The molecule has 0 aromatic carbocycles. The number of hydrogen-bond donors (Lipinski definition) is 1. The highest BCUT2D eigenvalue weighted by atomic mass is 16.1. The van der Waals surface area contributed by atoms with Crippen molar-refractivity contribution in [2.45, 2.75) is 32.9 Å². The van der Waals surface area contributed by atoms with Crippen LogP contribution in [0.15, 0.2) is 12.4 Å². The zero-order chi connectivity index (χ0) is 14.0. The van der Waals surface area contributed by atoms with Crippen LogP contribution in [0.3, 0.4) is 0 Å². The molecule has 6 nitrogen and oxygen atoms in total. The van der Waals surface area contributed by atoms with E-state index < -0.39 is 0 Å². The zero-order valence-corrected chi connectivity index (χ0v) is 11.7. The van der Waals surface area contributed by atoms with Crippen LogP contribution in [0.25, 0.3) is 0 Å². The third kappa shape index (κ3) is 3.01. The van der Waals surface area contributed by atoms with E-state index in [2.05, 4.69) is 33.6 Å². The number of aryl methyl sites for hydroxylation is 1. The smallest absolute Gasteiger partial charge is 0.236 e. The van der Waals surface area contributed by atoms with Crippen molar-refractivity contribution in [2.75, 3.05) is 24.5 Å². The van der Waals surface area contributed by atoms with Crippen LogP contribution >= 0.6 is 0 Å². The number of primary amides is 1. The number of hydrogen-bond acceptors (Lipinski definition) is 5. The van der Waals surface area contributed by atoms with Crippen LogP contribution in [0.4, 0.5) is 5.82 Å². The van der Waals surface area contributed by atoms with Crippen molar-refractivity contribution in [3.8, 4) is 0 Å². The lowest BCUT2D eigenvalue weighted by Gasteiger charge is -2.42. The first kappa shape index (κ1) is 13.7. The molecule has 0 aliphatic carbocycles. The predicted octanol–water partition coefficient (Wildman–Crippen LogP) is 0.169. The topological polar surface area (TPSA) is 75.3 Å². The maximum atomic E-state index is 11.6. The van der Waals surface area contributed by atoms with Crippen LogP contribution in [-0.4, -0.2) is 52.5 Å². The number of nitrogens with zero attached hydrogens (tertiary/aromatic N) is 4. The second-order valence-corrected chi connectivity index (χ2v) is 5.21. The van der Waals surface area contributed by atoms with Gasteiger partial charge in [0.15, 0.2) is 0 Å². The average molecular weight is 263 g/mol. The Morgan fingerprint density at radius 2 is 2.16 bits per heavy atom. The Morgan fingerprint density at radius 1 is 1.42 bits per heavy atom. The molecule has 2 heterocycles. The van der Waals surface area contributed by atoms with Gasteiger partial charge in [0, 0.05) is 37.4 Å². The van der Waals surface area contributed by atoms with Gasteiger partial charge in [-0.2, -0.15) is 0 Å². The molecule has 6 heteroatoms. The molecule has 1 atom stereocenters. The molecular formula is C13H21N5O. The fourth-order valence-corrected chi connectivity index (χ4v) is 2.49. The van der Waals surface area contributed by atoms with Gasteiger partial charge < -0.3 is 10.6 Å². The molecule has 1 aromatic heterocycles. The minimum Gasteiger partial charge on any atom is -0.368 e. The molecule has 2 rings (SSSR count). The summed E-state index contributed by atoms with van der Waals surface area (Å²) in [5.74, 6) is 0.589. The van der Waals surface area contributed by atoms with E-state index in [0.717, 1.165) is 24.6 Å². The highest BCUT2D eigenvalue weighted by molar-refractivity contribution is 5.81. The molecule has 1 amide bonds. The molecule has 0 spiro atoms. The SMILES string of the molecule is Cc1cc(N2CCN(C(C)C)C(C(N)=O)C2)ncn1. The maximum absolute atomic E-state index is 11.6. The lowest BCUT2D eigenvalue weighted by Crippen LogP contribution is -2.60. The van der Waals surface area contributed by atoms with Crippen molar-refractivity contribution >= 4 is 11.7 Å². The molecule has 1 fully saturated rings. The molecular weight excluding hydrogens is 242 g/mol. The molecule has 1 aliphatic rings. The van der Waals surface area contributed by atoms with Crippen molar-refractivity contribution in [1.29, 1.82) is 0 Å². The molecule has 0 radical (unpaired) electrons. The molecule has 2 N–H and O–H groups in total. The molecule has 1 aromatic rings. The van der Waals surface area contributed by atoms with Crippen molar-refractivity contribution < 1.29 is 4.79 Å². The van der Waals surface area contributed by atoms with Crippen LogP contribution < -0.4 is 10.6 Å². The Morgan fingerprint density at radius 3 is 2.74 bits per heavy atom. The van der Waals surface area contributed by atoms with E-state index in [4.69, 9.17) is 5.73 Å². The van der Waals surface area contributed by atoms with Crippen LogP contribution in [0.2, 0.25) is 0 Å². The van der Waals surface area contributed by atoms with Gasteiger partial charge in [-0.15, -0.1) is 0 Å². The summed E-state index contributed by atoms with van der Waals surface area (Å²) < 4.78 is 0. The Kier molecular flexibility index (Phi) is 3.99. The van der Waals surface area contributed by atoms with Gasteiger partial charge >= 0.3 is 0 Å². The Hall–Kier alpha value is -1.69. The van der Waals surface area contributed by atoms with E-state index in [1.54, 1.807) is 6.33 Å². The second kappa shape index (κ2) is 5.52. The summed E-state index contributed by atoms with van der Waals surface area (Å²) in [6.45, 7) is 8.35. The molecule has 0 saturated carbocycles. The van der Waals surface area contributed by atoms with Crippen molar-refractivity contribution in [2.24, 2.45) is 5.73 Å². The highest BCUT2D eigenvalue weighted by Crippen LogP contribution is 2.18. The number of piperazine rings is 1. The number of nitrogens with two attached hydrogens (primary N) is 1. The number of anilines is 1. The second-order valence-electron chi connectivity index (χ2n) is 5.21. The molecule has 19 heavy (non-hydrogen) atoms. The first-order valence-electron chi connectivity index (χ1n) is 6.57. The Balaban J connectivity index is 2.17. The van der Waals surface area contributed by atoms with Crippen molar-refractivity contribution in [3.05, 3.63) is 18.1 Å². The van der Waals surface area contributed by atoms with Crippen LogP contribution in [0, 0.1) is 6.92 Å². The number of amides is 1. The van der Waals surface area contributed by atoms with E-state index in [-0.39, 0.29) is 11.9 Å². The fourth-order valence-electron chi connectivity index (χ4n) is 2.49. The monoisotopic (exact) mass is 263 g/mol. The van der Waals surface area contributed by atoms with Gasteiger partial charge in [0.25, 0.3) is 0 Å². The molecule has 104 valence electrons. The molecule has 1 unspecified atom stereocenters. The third-order valence-corrected chi connectivity index (χ3v) is 3.53. The first-order chi connectivity index (χ1) is 8.99. The number of carbonyl (C=O) groups excluding carboxylic acids is 1. The Bertz CT molecular complexity index is 462. The zero-order valence-electron chi connectivity index (χ0n) is 11.7. The first-order valence-corrected chi connectivity index (χ1v) is 6.57. The van der Waals surface area contributed by atoms with Crippen LogP contribution in [0.1, 0.15) is 19.5 Å². The normalized spacial score (nSPS) is 20.8. The van der Waals surface area contributed by atoms with E-state index in [0.29, 0.717) is 12.6 Å². The summed E-state index contributed by atoms with van der Waals surface area (Å²) in [5.41, 5.74) is 6.45. The number of aromatic nitrogens is 2. The highest BCUT2D eigenvalue weighted by Gasteiger charge is 2.32. The quantitative estimate of drug-likeness (QED) is 0.841. The lowest BCUT2D eigenvalue weighted by molar-refractivity contribution is -0.124. The summed E-state index contributed by atoms with van der Waals surface area (Å²) in [7, 11) is 0. The largest absolute Gasteiger partial charge is 0.368 e.